The van der Waals surface area contributed by atoms with Crippen LogP contribution in [0.1, 0.15) is 5.56 Å². The van der Waals surface area contributed by atoms with E-state index in [4.69, 9.17) is 4.74 Å². The maximum absolute atomic E-state index is 10.7. The predicted octanol–water partition coefficient (Wildman–Crippen LogP) is 5.48. The largest absolute Gasteiger partial charge is 0.507 e. The third-order valence-electron chi connectivity index (χ3n) is 3.78. The zero-order valence-electron chi connectivity index (χ0n) is 14.9. The van der Waals surface area contributed by atoms with Crippen LogP contribution < -0.4 is 4.74 Å². The van der Waals surface area contributed by atoms with E-state index in [1.54, 1.807) is 43.5 Å². The second-order valence-electron chi connectivity index (χ2n) is 5.67. The third-order valence-corrected chi connectivity index (χ3v) is 3.78. The molecule has 8 heteroatoms. The number of nitro groups is 1. The van der Waals surface area contributed by atoms with Crippen LogP contribution in [0.5, 0.6) is 11.5 Å². The number of non-ortho nitro benzene ring substituents is 1. The highest BCUT2D eigenvalue weighted by molar-refractivity contribution is 5.86. The van der Waals surface area contributed by atoms with Crippen molar-refractivity contribution in [2.75, 3.05) is 7.11 Å². The maximum Gasteiger partial charge on any atom is 0.269 e. The highest BCUT2D eigenvalue weighted by Crippen LogP contribution is 2.26. The molecular weight excluding hydrogens is 360 g/mol. The number of azo groups is 1. The standard InChI is InChI=1S/C20H16N4O4/c1-28-19-9-4-15(5-10-19)21-13-14-12-17(6-11-20(14)25)23-22-16-2-7-18(8-3-16)24(26)27/h2-13,25H,1H3. The van der Waals surface area contributed by atoms with Crippen LogP contribution in [0.3, 0.4) is 0 Å². The third kappa shape index (κ3) is 4.76. The van der Waals surface area contributed by atoms with E-state index in [0.717, 1.165) is 5.75 Å². The minimum atomic E-state index is -0.477. The molecule has 0 aliphatic carbocycles. The molecule has 0 aromatic heterocycles. The van der Waals surface area contributed by atoms with Crippen molar-refractivity contribution in [2.24, 2.45) is 15.2 Å². The quantitative estimate of drug-likeness (QED) is 0.266. The van der Waals surface area contributed by atoms with Crippen molar-refractivity contribution in [3.8, 4) is 11.5 Å². The van der Waals surface area contributed by atoms with E-state index in [-0.39, 0.29) is 11.4 Å². The number of hydrogen-bond donors (Lipinski definition) is 1. The van der Waals surface area contributed by atoms with E-state index in [0.29, 0.717) is 22.6 Å². The zero-order valence-corrected chi connectivity index (χ0v) is 14.9. The summed E-state index contributed by atoms with van der Waals surface area (Å²) in [6.07, 6.45) is 1.53. The van der Waals surface area contributed by atoms with E-state index in [1.165, 1.54) is 36.5 Å². The Bertz CT molecular complexity index is 1030. The van der Waals surface area contributed by atoms with Crippen molar-refractivity contribution in [1.82, 2.24) is 0 Å². The molecule has 28 heavy (non-hydrogen) atoms. The highest BCUT2D eigenvalue weighted by Gasteiger charge is 2.04. The summed E-state index contributed by atoms with van der Waals surface area (Å²) in [5, 5.41) is 28.8. The molecule has 140 valence electrons. The van der Waals surface area contributed by atoms with E-state index >= 15 is 0 Å². The van der Waals surface area contributed by atoms with Crippen molar-refractivity contribution in [3.63, 3.8) is 0 Å². The predicted molar refractivity (Wildman–Crippen MR) is 106 cm³/mol. The number of phenolic OH excluding ortho intramolecular Hbond substituents is 1. The molecule has 8 nitrogen and oxygen atoms in total. The molecule has 3 aromatic carbocycles. The molecule has 0 aliphatic heterocycles. The van der Waals surface area contributed by atoms with Crippen LogP contribution in [-0.4, -0.2) is 23.4 Å². The summed E-state index contributed by atoms with van der Waals surface area (Å²) in [5.74, 6) is 0.794. The van der Waals surface area contributed by atoms with E-state index in [1.807, 2.05) is 0 Å². The second kappa shape index (κ2) is 8.54. The molecule has 0 amide bonds. The number of phenols is 1. The Morgan fingerprint density at radius 3 is 2.18 bits per heavy atom. The molecule has 0 aliphatic rings. The molecule has 3 rings (SSSR count). The molecule has 1 N–H and O–H groups in total. The Balaban J connectivity index is 1.76. The van der Waals surface area contributed by atoms with Crippen molar-refractivity contribution < 1.29 is 14.8 Å². The fourth-order valence-electron chi connectivity index (χ4n) is 2.28. The van der Waals surface area contributed by atoms with Crippen LogP contribution in [0.15, 0.2) is 82.0 Å². The van der Waals surface area contributed by atoms with Crippen molar-refractivity contribution in [2.45, 2.75) is 0 Å². The summed E-state index contributed by atoms with van der Waals surface area (Å²) >= 11 is 0. The SMILES string of the molecule is COc1ccc(N=Cc2cc(N=Nc3ccc([N+](=O)[O-])cc3)ccc2O)cc1. The number of nitro benzene ring substituents is 1. The lowest BCUT2D eigenvalue weighted by molar-refractivity contribution is -0.384. The Hall–Kier alpha value is -4.07. The Morgan fingerprint density at radius 2 is 1.54 bits per heavy atom. The van der Waals surface area contributed by atoms with Gasteiger partial charge in [-0.2, -0.15) is 10.2 Å². The van der Waals surface area contributed by atoms with E-state index in [2.05, 4.69) is 15.2 Å². The van der Waals surface area contributed by atoms with Gasteiger partial charge in [0.15, 0.2) is 0 Å². The molecule has 0 radical (unpaired) electrons. The van der Waals surface area contributed by atoms with Gasteiger partial charge in [-0.05, 0) is 54.6 Å². The average molecular weight is 376 g/mol. The summed E-state index contributed by atoms with van der Waals surface area (Å²) in [6.45, 7) is 0. The van der Waals surface area contributed by atoms with Crippen LogP contribution in [0.25, 0.3) is 0 Å². The second-order valence-corrected chi connectivity index (χ2v) is 5.67. The van der Waals surface area contributed by atoms with Crippen LogP contribution in [0.2, 0.25) is 0 Å². The molecular formula is C20H16N4O4. The number of nitrogens with zero attached hydrogens (tertiary/aromatic N) is 4. The lowest BCUT2D eigenvalue weighted by Crippen LogP contribution is -1.85. The van der Waals surface area contributed by atoms with E-state index in [9.17, 15) is 15.2 Å². The fraction of sp³-hybridized carbons (Fsp3) is 0.0500. The molecule has 0 spiro atoms. The highest BCUT2D eigenvalue weighted by atomic mass is 16.6. The van der Waals surface area contributed by atoms with Crippen molar-refractivity contribution in [3.05, 3.63) is 82.4 Å². The van der Waals surface area contributed by atoms with Gasteiger partial charge in [0.1, 0.15) is 11.5 Å². The fourth-order valence-corrected chi connectivity index (χ4v) is 2.28. The average Bonchev–Trinajstić information content (AvgIpc) is 2.73. The number of ether oxygens (including phenoxy) is 1. The minimum absolute atomic E-state index is 0.0133. The van der Waals surface area contributed by atoms with Gasteiger partial charge in [-0.25, -0.2) is 0 Å². The molecule has 0 saturated heterocycles. The lowest BCUT2D eigenvalue weighted by atomic mass is 10.2. The first-order chi connectivity index (χ1) is 13.5. The van der Waals surface area contributed by atoms with Crippen molar-refractivity contribution in [1.29, 1.82) is 0 Å². The molecule has 0 atom stereocenters. The van der Waals surface area contributed by atoms with Gasteiger partial charge in [-0.3, -0.25) is 15.1 Å². The minimum Gasteiger partial charge on any atom is -0.507 e. The molecule has 0 saturated carbocycles. The van der Waals surface area contributed by atoms with Gasteiger partial charge in [-0.15, -0.1) is 0 Å². The topological polar surface area (TPSA) is 110 Å². The van der Waals surface area contributed by atoms with Crippen LogP contribution in [0.4, 0.5) is 22.7 Å². The smallest absolute Gasteiger partial charge is 0.269 e. The molecule has 3 aromatic rings. The number of aliphatic imine (C=N–C) groups is 1. The summed E-state index contributed by atoms with van der Waals surface area (Å²) in [6, 6.07) is 17.7. The van der Waals surface area contributed by atoms with Crippen LogP contribution >= 0.6 is 0 Å². The van der Waals surface area contributed by atoms with Crippen molar-refractivity contribution >= 4 is 29.0 Å². The van der Waals surface area contributed by atoms with Gasteiger partial charge in [0, 0.05) is 23.9 Å². The number of benzene rings is 3. The first-order valence-corrected chi connectivity index (χ1v) is 8.22. The molecule has 0 fully saturated rings. The van der Waals surface area contributed by atoms with Gasteiger partial charge < -0.3 is 9.84 Å². The summed E-state index contributed by atoms with van der Waals surface area (Å²) in [7, 11) is 1.59. The van der Waals surface area contributed by atoms with Gasteiger partial charge >= 0.3 is 0 Å². The molecule has 0 heterocycles. The van der Waals surface area contributed by atoms with Gasteiger partial charge in [0.2, 0.25) is 0 Å². The number of rotatable bonds is 6. The maximum atomic E-state index is 10.7. The number of hydrogen-bond acceptors (Lipinski definition) is 7. The molecule has 0 bridgehead atoms. The lowest BCUT2D eigenvalue weighted by Gasteiger charge is -2.01. The van der Waals surface area contributed by atoms with Gasteiger partial charge in [0.25, 0.3) is 5.69 Å². The first kappa shape index (κ1) is 18.7. The normalized spacial score (nSPS) is 11.2. The Kier molecular flexibility index (Phi) is 5.71. The Morgan fingerprint density at radius 1 is 0.929 bits per heavy atom. The summed E-state index contributed by atoms with van der Waals surface area (Å²) in [4.78, 5) is 14.5. The number of methoxy groups -OCH3 is 1. The number of aromatic hydroxyl groups is 1. The van der Waals surface area contributed by atoms with Crippen LogP contribution in [-0.2, 0) is 0 Å². The Labute approximate surface area is 160 Å². The summed E-state index contributed by atoms with van der Waals surface area (Å²) in [5.41, 5.74) is 2.16. The van der Waals surface area contributed by atoms with Crippen LogP contribution in [0, 0.1) is 10.1 Å². The molecule has 0 unspecified atom stereocenters. The monoisotopic (exact) mass is 376 g/mol. The first-order valence-electron chi connectivity index (χ1n) is 8.22. The van der Waals surface area contributed by atoms with Gasteiger partial charge in [0.05, 0.1) is 29.1 Å². The summed E-state index contributed by atoms with van der Waals surface area (Å²) < 4.78 is 5.10. The zero-order chi connectivity index (χ0) is 19.9. The van der Waals surface area contributed by atoms with E-state index < -0.39 is 4.92 Å². The van der Waals surface area contributed by atoms with Gasteiger partial charge in [-0.1, -0.05) is 0 Å².